The minimum atomic E-state index is -0.368. The van der Waals surface area contributed by atoms with Crippen LogP contribution in [0.15, 0.2) is 24.3 Å². The average Bonchev–Trinajstić information content (AvgIpc) is 2.82. The number of esters is 2. The van der Waals surface area contributed by atoms with E-state index >= 15 is 0 Å². The number of benzene rings is 1. The number of hydrogen-bond acceptors (Lipinski definition) is 6. The minimum absolute atomic E-state index is 0.145. The Morgan fingerprint density at radius 2 is 2.08 bits per heavy atom. The van der Waals surface area contributed by atoms with Gasteiger partial charge >= 0.3 is 11.9 Å². The quantitative estimate of drug-likeness (QED) is 0.460. The van der Waals surface area contributed by atoms with Gasteiger partial charge in [-0.05, 0) is 37.7 Å². The van der Waals surface area contributed by atoms with Crippen molar-refractivity contribution in [1.29, 1.82) is 0 Å². The summed E-state index contributed by atoms with van der Waals surface area (Å²) in [5.41, 5.74) is 2.03. The summed E-state index contributed by atoms with van der Waals surface area (Å²) < 4.78 is 17.1. The lowest BCUT2D eigenvalue weighted by molar-refractivity contribution is -0.145. The second-order valence-corrected chi connectivity index (χ2v) is 7.40. The zero-order valence-electron chi connectivity index (χ0n) is 15.3. The molecule has 1 aromatic rings. The van der Waals surface area contributed by atoms with Gasteiger partial charge in [0.2, 0.25) is 0 Å². The van der Waals surface area contributed by atoms with Crippen LogP contribution in [-0.2, 0) is 26.3 Å². The Hall–Kier alpha value is -2.34. The average molecular weight is 357 g/mol. The molecule has 3 atom stereocenters. The van der Waals surface area contributed by atoms with Gasteiger partial charge in [-0.15, -0.1) is 0 Å². The van der Waals surface area contributed by atoms with E-state index in [1.807, 2.05) is 18.2 Å². The van der Waals surface area contributed by atoms with Gasteiger partial charge in [0.1, 0.15) is 12.2 Å². The predicted octanol–water partition coefficient (Wildman–Crippen LogP) is 2.34. The summed E-state index contributed by atoms with van der Waals surface area (Å²) in [7, 11) is 2.11. The maximum absolute atomic E-state index is 11.5. The van der Waals surface area contributed by atoms with Crippen LogP contribution in [0, 0.1) is 0 Å². The van der Waals surface area contributed by atoms with Crippen molar-refractivity contribution >= 4 is 11.9 Å². The fraction of sp³-hybridized carbons (Fsp3) is 0.500. The number of hydrogen-bond donors (Lipinski definition) is 0. The van der Waals surface area contributed by atoms with Crippen LogP contribution in [0.1, 0.15) is 37.8 Å². The Bertz CT molecular complexity index is 802. The van der Waals surface area contributed by atoms with E-state index in [0.717, 1.165) is 25.1 Å². The molecule has 6 nitrogen and oxygen atoms in total. The van der Waals surface area contributed by atoms with Crippen LogP contribution >= 0.6 is 0 Å². The van der Waals surface area contributed by atoms with Crippen LogP contribution in [0.25, 0.3) is 0 Å². The molecule has 3 aliphatic rings. The van der Waals surface area contributed by atoms with E-state index in [0.29, 0.717) is 17.9 Å². The molecule has 0 radical (unpaired) electrons. The Balaban J connectivity index is 1.81. The third-order valence-electron chi connectivity index (χ3n) is 5.48. The standard InChI is InChI=1S/C20H23NO5/c1-12(22)24-15-6-7-20-8-9-21(3)11-14-4-5-16(25-13(2)23)19(18(14)20)26-17(20)10-15/h4-7,15,17H,8-11H2,1-3H3/t15-,17-,20?/m0/s1. The molecule has 0 fully saturated rings. The fourth-order valence-corrected chi connectivity index (χ4v) is 4.44. The molecule has 26 heavy (non-hydrogen) atoms. The molecule has 4 rings (SSSR count). The SMILES string of the molecule is CC(=O)Oc1ccc2c3c1O[C@H]1C[C@@H](OC(C)=O)C=CC31CCN(C)C2. The monoisotopic (exact) mass is 357 g/mol. The van der Waals surface area contributed by atoms with Gasteiger partial charge in [-0.2, -0.15) is 0 Å². The first-order valence-electron chi connectivity index (χ1n) is 8.95. The molecular formula is C20H23NO5. The first kappa shape index (κ1) is 17.1. The summed E-state index contributed by atoms with van der Waals surface area (Å²) in [5.74, 6) is 0.457. The molecule has 2 heterocycles. The summed E-state index contributed by atoms with van der Waals surface area (Å²) in [6.45, 7) is 4.56. The molecule has 0 saturated carbocycles. The smallest absolute Gasteiger partial charge is 0.308 e. The number of ether oxygens (including phenoxy) is 3. The topological polar surface area (TPSA) is 65.1 Å². The van der Waals surface area contributed by atoms with E-state index in [1.165, 1.54) is 19.4 Å². The van der Waals surface area contributed by atoms with E-state index in [4.69, 9.17) is 14.2 Å². The van der Waals surface area contributed by atoms with Crippen molar-refractivity contribution in [3.8, 4) is 11.5 Å². The first-order valence-corrected chi connectivity index (χ1v) is 8.95. The van der Waals surface area contributed by atoms with Crippen molar-refractivity contribution in [1.82, 2.24) is 4.90 Å². The highest BCUT2D eigenvalue weighted by atomic mass is 16.6. The second kappa shape index (κ2) is 6.13. The van der Waals surface area contributed by atoms with Crippen molar-refractivity contribution in [3.63, 3.8) is 0 Å². The van der Waals surface area contributed by atoms with E-state index in [-0.39, 0.29) is 29.6 Å². The van der Waals surface area contributed by atoms with Crippen LogP contribution in [0.4, 0.5) is 0 Å². The predicted molar refractivity (Wildman–Crippen MR) is 94.1 cm³/mol. The molecule has 1 unspecified atom stereocenters. The highest BCUT2D eigenvalue weighted by molar-refractivity contribution is 5.72. The van der Waals surface area contributed by atoms with Gasteiger partial charge in [0.05, 0.1) is 5.41 Å². The normalized spacial score (nSPS) is 29.2. The van der Waals surface area contributed by atoms with Crippen molar-refractivity contribution in [2.75, 3.05) is 13.6 Å². The zero-order chi connectivity index (χ0) is 18.5. The van der Waals surface area contributed by atoms with Crippen LogP contribution in [0.2, 0.25) is 0 Å². The van der Waals surface area contributed by atoms with Gasteiger partial charge in [-0.25, -0.2) is 0 Å². The van der Waals surface area contributed by atoms with Crippen LogP contribution in [-0.4, -0.2) is 42.6 Å². The largest absolute Gasteiger partial charge is 0.485 e. The number of carbonyl (C=O) groups is 2. The van der Waals surface area contributed by atoms with Gasteiger partial charge in [0, 0.05) is 32.4 Å². The molecule has 1 aliphatic carbocycles. The summed E-state index contributed by atoms with van der Waals surface area (Å²) in [6, 6.07) is 3.84. The second-order valence-electron chi connectivity index (χ2n) is 7.40. The van der Waals surface area contributed by atoms with Crippen LogP contribution in [0.5, 0.6) is 11.5 Å². The molecule has 6 heteroatoms. The van der Waals surface area contributed by atoms with Gasteiger partial charge in [0.25, 0.3) is 0 Å². The van der Waals surface area contributed by atoms with Crippen LogP contribution < -0.4 is 9.47 Å². The van der Waals surface area contributed by atoms with Crippen molar-refractivity contribution < 1.29 is 23.8 Å². The van der Waals surface area contributed by atoms with Gasteiger partial charge in [-0.1, -0.05) is 12.1 Å². The summed E-state index contributed by atoms with van der Waals surface area (Å²) in [4.78, 5) is 25.1. The first-order chi connectivity index (χ1) is 12.4. The van der Waals surface area contributed by atoms with Gasteiger partial charge in [0.15, 0.2) is 11.5 Å². The van der Waals surface area contributed by atoms with Crippen LogP contribution in [0.3, 0.4) is 0 Å². The Morgan fingerprint density at radius 1 is 1.27 bits per heavy atom. The van der Waals surface area contributed by atoms with E-state index < -0.39 is 0 Å². The molecule has 0 aromatic heterocycles. The maximum atomic E-state index is 11.5. The Labute approximate surface area is 152 Å². The summed E-state index contributed by atoms with van der Waals surface area (Å²) in [6.07, 6.45) is 5.17. The van der Waals surface area contributed by atoms with E-state index in [2.05, 4.69) is 18.0 Å². The molecule has 138 valence electrons. The zero-order valence-corrected chi connectivity index (χ0v) is 15.3. The summed E-state index contributed by atoms with van der Waals surface area (Å²) in [5, 5.41) is 0. The lowest BCUT2D eigenvalue weighted by Gasteiger charge is -2.36. The third kappa shape index (κ3) is 2.69. The Morgan fingerprint density at radius 3 is 2.81 bits per heavy atom. The molecule has 2 aliphatic heterocycles. The lowest BCUT2D eigenvalue weighted by atomic mass is 9.69. The maximum Gasteiger partial charge on any atom is 0.308 e. The lowest BCUT2D eigenvalue weighted by Crippen LogP contribution is -2.43. The molecule has 0 amide bonds. The highest BCUT2D eigenvalue weighted by Gasteiger charge is 2.53. The van der Waals surface area contributed by atoms with Crippen molar-refractivity contribution in [3.05, 3.63) is 35.4 Å². The van der Waals surface area contributed by atoms with Crippen molar-refractivity contribution in [2.24, 2.45) is 0 Å². The van der Waals surface area contributed by atoms with Gasteiger partial charge in [-0.3, -0.25) is 9.59 Å². The van der Waals surface area contributed by atoms with Crippen molar-refractivity contribution in [2.45, 2.75) is 50.9 Å². The fourth-order valence-electron chi connectivity index (χ4n) is 4.44. The number of rotatable bonds is 2. The Kier molecular flexibility index (Phi) is 4.03. The molecule has 1 spiro atoms. The number of nitrogens with zero attached hydrogens (tertiary/aromatic N) is 1. The molecule has 1 aromatic carbocycles. The molecule has 0 bridgehead atoms. The van der Waals surface area contributed by atoms with E-state index in [1.54, 1.807) is 0 Å². The molecule has 0 saturated heterocycles. The summed E-state index contributed by atoms with van der Waals surface area (Å²) >= 11 is 0. The highest BCUT2D eigenvalue weighted by Crippen LogP contribution is 2.55. The van der Waals surface area contributed by atoms with E-state index in [9.17, 15) is 9.59 Å². The minimum Gasteiger partial charge on any atom is -0.485 e. The third-order valence-corrected chi connectivity index (χ3v) is 5.48. The van der Waals surface area contributed by atoms with Gasteiger partial charge < -0.3 is 19.1 Å². The molecular weight excluding hydrogens is 334 g/mol. The molecule has 0 N–H and O–H groups in total. The number of carbonyl (C=O) groups excluding carboxylic acids is 2.